The van der Waals surface area contributed by atoms with E-state index in [-0.39, 0.29) is 11.4 Å². The number of oxime groups is 1. The van der Waals surface area contributed by atoms with Crippen molar-refractivity contribution in [2.24, 2.45) is 10.9 Å². The number of benzene rings is 1. The lowest BCUT2D eigenvalue weighted by molar-refractivity contribution is -0.887. The second-order valence-corrected chi connectivity index (χ2v) is 5.71. The van der Waals surface area contributed by atoms with Gasteiger partial charge in [0.05, 0.1) is 18.7 Å². The zero-order valence-electron chi connectivity index (χ0n) is 11.0. The number of carbonyl (C=O) groups is 1. The summed E-state index contributed by atoms with van der Waals surface area (Å²) in [5, 5.41) is 3.59. The molecule has 1 aromatic rings. The Labute approximate surface area is 120 Å². The molecule has 0 bridgehead atoms. The van der Waals surface area contributed by atoms with Crippen LogP contribution in [-0.2, 0) is 4.84 Å². The van der Waals surface area contributed by atoms with Crippen LogP contribution in [0.25, 0.3) is 0 Å². The molecular weight excluding hydrogens is 281 g/mol. The van der Waals surface area contributed by atoms with Gasteiger partial charge >= 0.3 is 5.97 Å². The molecule has 0 atom stereocenters. The molecule has 0 amide bonds. The first-order valence-electron chi connectivity index (χ1n) is 6.36. The highest BCUT2D eigenvalue weighted by Gasteiger charge is 2.16. The third-order valence-corrected chi connectivity index (χ3v) is 3.96. The van der Waals surface area contributed by atoms with E-state index >= 15 is 0 Å². The molecule has 108 valence electrons. The monoisotopic (exact) mass is 298 g/mol. The second kappa shape index (κ2) is 7.25. The maximum atomic E-state index is 13.4. The van der Waals surface area contributed by atoms with Crippen LogP contribution < -0.4 is 10.6 Å². The number of halogens is 1. The molecule has 1 aromatic carbocycles. The summed E-state index contributed by atoms with van der Waals surface area (Å²) in [5.41, 5.74) is 5.57. The van der Waals surface area contributed by atoms with Gasteiger partial charge in [0.1, 0.15) is 12.4 Å². The number of nitrogens with one attached hydrogen (secondary N) is 1. The molecule has 5 nitrogen and oxygen atoms in total. The van der Waals surface area contributed by atoms with Crippen LogP contribution in [0, 0.1) is 5.82 Å². The lowest BCUT2D eigenvalue weighted by atomic mass is 10.2. The fourth-order valence-corrected chi connectivity index (χ4v) is 2.97. The fraction of sp³-hybridized carbons (Fsp3) is 0.385. The van der Waals surface area contributed by atoms with Gasteiger partial charge in [0.25, 0.3) is 0 Å². The van der Waals surface area contributed by atoms with Crippen LogP contribution in [0.15, 0.2) is 29.4 Å². The van der Waals surface area contributed by atoms with Gasteiger partial charge in [-0.25, -0.2) is 9.18 Å². The molecule has 1 heterocycles. The topological polar surface area (TPSA) is 69.1 Å². The van der Waals surface area contributed by atoms with Crippen molar-refractivity contribution in [3.8, 4) is 0 Å². The average Bonchev–Trinajstić information content (AvgIpc) is 2.46. The van der Waals surface area contributed by atoms with Crippen molar-refractivity contribution in [3.63, 3.8) is 0 Å². The summed E-state index contributed by atoms with van der Waals surface area (Å²) in [6.07, 6.45) is 0. The van der Waals surface area contributed by atoms with Crippen molar-refractivity contribution in [1.29, 1.82) is 0 Å². The van der Waals surface area contributed by atoms with Crippen molar-refractivity contribution in [2.45, 2.75) is 0 Å². The number of quaternary nitrogens is 1. The quantitative estimate of drug-likeness (QED) is 0.352. The van der Waals surface area contributed by atoms with E-state index in [1.165, 1.54) is 23.1 Å². The minimum absolute atomic E-state index is 0.147. The van der Waals surface area contributed by atoms with Crippen molar-refractivity contribution < 1.29 is 18.9 Å². The number of hydrogen-bond acceptors (Lipinski definition) is 4. The second-order valence-electron chi connectivity index (χ2n) is 4.48. The van der Waals surface area contributed by atoms with Crippen molar-refractivity contribution in [3.05, 3.63) is 35.6 Å². The smallest absolute Gasteiger partial charge is 0.368 e. The summed E-state index contributed by atoms with van der Waals surface area (Å²) in [4.78, 5) is 17.6. The highest BCUT2D eigenvalue weighted by molar-refractivity contribution is 7.99. The Balaban J connectivity index is 1.88. The molecule has 3 N–H and O–H groups in total. The number of amidine groups is 1. The number of nitrogens with two attached hydrogens (primary N) is 1. The van der Waals surface area contributed by atoms with Crippen molar-refractivity contribution >= 4 is 23.6 Å². The fourth-order valence-electron chi connectivity index (χ4n) is 1.90. The minimum atomic E-state index is -0.838. The van der Waals surface area contributed by atoms with Gasteiger partial charge in [0.15, 0.2) is 5.84 Å². The lowest BCUT2D eigenvalue weighted by Gasteiger charge is -2.22. The first kappa shape index (κ1) is 14.8. The normalized spacial score (nSPS) is 16.9. The Hall–Kier alpha value is -1.60. The largest absolute Gasteiger partial charge is 0.380 e. The molecule has 0 radical (unpaired) electrons. The maximum Gasteiger partial charge on any atom is 0.368 e. The predicted molar refractivity (Wildman–Crippen MR) is 76.3 cm³/mol. The first-order valence-corrected chi connectivity index (χ1v) is 7.52. The molecule has 1 aliphatic heterocycles. The van der Waals surface area contributed by atoms with Crippen LogP contribution in [0.2, 0.25) is 0 Å². The van der Waals surface area contributed by atoms with Gasteiger partial charge in [-0.1, -0.05) is 17.3 Å². The van der Waals surface area contributed by atoms with E-state index in [2.05, 4.69) is 9.99 Å². The number of hydrogen-bond donors (Lipinski definition) is 2. The molecule has 0 unspecified atom stereocenters. The molecule has 2 rings (SSSR count). The Morgan fingerprint density at radius 2 is 2.10 bits per heavy atom. The Kier molecular flexibility index (Phi) is 5.37. The average molecular weight is 298 g/mol. The Morgan fingerprint density at radius 1 is 1.40 bits per heavy atom. The van der Waals surface area contributed by atoms with Crippen LogP contribution in [0.5, 0.6) is 0 Å². The molecule has 0 aliphatic carbocycles. The standard InChI is InChI=1S/C13H16FN3O2S/c14-11-4-2-1-3-10(11)13(18)19-16-12(15)9-17-5-7-20-8-6-17/h1-4H,5-9H2,(H2,15,16)/p+1. The Morgan fingerprint density at radius 3 is 2.80 bits per heavy atom. The third kappa shape index (κ3) is 4.21. The summed E-state index contributed by atoms with van der Waals surface area (Å²) in [7, 11) is 0. The number of carbonyl (C=O) groups excluding carboxylic acids is 1. The SMILES string of the molecule is N/C(C[NH+]1CCSCC1)=N/OC(=O)c1ccccc1F. The summed E-state index contributed by atoms with van der Waals surface area (Å²) < 4.78 is 13.4. The number of nitrogens with zero attached hydrogens (tertiary/aromatic N) is 1. The third-order valence-electron chi connectivity index (χ3n) is 2.97. The van der Waals surface area contributed by atoms with Crippen molar-refractivity contribution in [1.82, 2.24) is 0 Å². The van der Waals surface area contributed by atoms with Crippen LogP contribution in [0.1, 0.15) is 10.4 Å². The lowest BCUT2D eigenvalue weighted by Crippen LogP contribution is -3.14. The number of thioether (sulfide) groups is 1. The molecule has 0 aromatic heterocycles. The van der Waals surface area contributed by atoms with Gasteiger partial charge in [0.2, 0.25) is 0 Å². The zero-order chi connectivity index (χ0) is 14.4. The van der Waals surface area contributed by atoms with Crippen LogP contribution in [0.3, 0.4) is 0 Å². The van der Waals surface area contributed by atoms with E-state index in [4.69, 9.17) is 5.73 Å². The zero-order valence-corrected chi connectivity index (χ0v) is 11.8. The number of rotatable bonds is 4. The minimum Gasteiger partial charge on any atom is -0.380 e. The molecule has 0 spiro atoms. The summed E-state index contributed by atoms with van der Waals surface area (Å²) in [5.74, 6) is 0.965. The van der Waals surface area contributed by atoms with E-state index in [9.17, 15) is 9.18 Å². The first-order chi connectivity index (χ1) is 9.66. The predicted octanol–water partition coefficient (Wildman–Crippen LogP) is -0.114. The summed E-state index contributed by atoms with van der Waals surface area (Å²) in [6.45, 7) is 2.56. The highest BCUT2D eigenvalue weighted by atomic mass is 32.2. The summed E-state index contributed by atoms with van der Waals surface area (Å²) in [6, 6.07) is 5.60. The van der Waals surface area contributed by atoms with E-state index < -0.39 is 11.8 Å². The van der Waals surface area contributed by atoms with E-state index in [1.54, 1.807) is 6.07 Å². The summed E-state index contributed by atoms with van der Waals surface area (Å²) >= 11 is 1.91. The van der Waals surface area contributed by atoms with Gasteiger partial charge in [-0.3, -0.25) is 0 Å². The molecule has 0 saturated carbocycles. The molecule has 1 saturated heterocycles. The van der Waals surface area contributed by atoms with Crippen LogP contribution in [0.4, 0.5) is 4.39 Å². The van der Waals surface area contributed by atoms with Gasteiger partial charge in [-0.2, -0.15) is 11.8 Å². The van der Waals surface area contributed by atoms with Gasteiger partial charge in [-0.05, 0) is 12.1 Å². The van der Waals surface area contributed by atoms with E-state index in [0.29, 0.717) is 6.54 Å². The maximum absolute atomic E-state index is 13.4. The van der Waals surface area contributed by atoms with Gasteiger partial charge < -0.3 is 15.5 Å². The van der Waals surface area contributed by atoms with Gasteiger partial charge in [-0.15, -0.1) is 0 Å². The van der Waals surface area contributed by atoms with Crippen molar-refractivity contribution in [2.75, 3.05) is 31.1 Å². The van der Waals surface area contributed by atoms with Gasteiger partial charge in [0, 0.05) is 11.5 Å². The molecular formula is C13H17FN3O2S+. The van der Waals surface area contributed by atoms with E-state index in [0.717, 1.165) is 24.6 Å². The Bertz CT molecular complexity index is 504. The highest BCUT2D eigenvalue weighted by Crippen LogP contribution is 2.07. The molecule has 1 fully saturated rings. The van der Waals surface area contributed by atoms with Crippen LogP contribution >= 0.6 is 11.8 Å². The molecule has 7 heteroatoms. The van der Waals surface area contributed by atoms with E-state index in [1.807, 2.05) is 11.8 Å². The molecule has 20 heavy (non-hydrogen) atoms. The van der Waals surface area contributed by atoms with Crippen LogP contribution in [-0.4, -0.2) is 42.9 Å². The molecule has 1 aliphatic rings.